The van der Waals surface area contributed by atoms with E-state index in [9.17, 15) is 14.7 Å². The molecule has 4 fully saturated rings. The van der Waals surface area contributed by atoms with Gasteiger partial charge in [-0.3, -0.25) is 0 Å². The van der Waals surface area contributed by atoms with Crippen molar-refractivity contribution in [1.29, 1.82) is 0 Å². The first-order valence-corrected chi connectivity index (χ1v) is 8.97. The zero-order valence-corrected chi connectivity index (χ0v) is 15.3. The van der Waals surface area contributed by atoms with Crippen LogP contribution in [-0.2, 0) is 23.8 Å². The van der Waals surface area contributed by atoms with E-state index in [0.29, 0.717) is 32.3 Å². The molecule has 0 spiro atoms. The molecule has 0 aromatic carbocycles. The fraction of sp³-hybridized carbons (Fsp3) is 0.789. The maximum absolute atomic E-state index is 12.3. The lowest BCUT2D eigenvalue weighted by Crippen LogP contribution is -2.74. The molecule has 0 aliphatic heterocycles. The van der Waals surface area contributed by atoms with Gasteiger partial charge in [-0.25, -0.2) is 9.59 Å². The third kappa shape index (κ3) is 2.99. The first kappa shape index (κ1) is 18.4. The Morgan fingerprint density at radius 1 is 1.20 bits per heavy atom. The molecule has 4 rings (SSSR count). The van der Waals surface area contributed by atoms with Crippen LogP contribution in [0.15, 0.2) is 12.7 Å². The van der Waals surface area contributed by atoms with Crippen molar-refractivity contribution in [1.82, 2.24) is 0 Å². The maximum Gasteiger partial charge on any atom is 0.344 e. The molecule has 6 nitrogen and oxygen atoms in total. The zero-order valence-electron chi connectivity index (χ0n) is 15.3. The van der Waals surface area contributed by atoms with Crippen LogP contribution in [0, 0.1) is 11.3 Å². The summed E-state index contributed by atoms with van der Waals surface area (Å²) in [5.41, 5.74) is -2.29. The molecule has 4 aliphatic carbocycles. The summed E-state index contributed by atoms with van der Waals surface area (Å²) in [5.74, 6) is -1.29. The second kappa shape index (κ2) is 5.81. The average Bonchev–Trinajstić information content (AvgIpc) is 2.48. The fourth-order valence-corrected chi connectivity index (χ4v) is 6.07. The van der Waals surface area contributed by atoms with E-state index in [1.807, 2.05) is 13.8 Å². The van der Waals surface area contributed by atoms with E-state index < -0.39 is 35.3 Å². The zero-order chi connectivity index (χ0) is 18.5. The Hall–Kier alpha value is -1.40. The number of esters is 2. The molecule has 0 aromatic rings. The van der Waals surface area contributed by atoms with Gasteiger partial charge in [0.1, 0.15) is 5.60 Å². The molecule has 4 aliphatic rings. The van der Waals surface area contributed by atoms with E-state index >= 15 is 0 Å². The Balaban J connectivity index is 1.85. The number of rotatable bonds is 6. The Morgan fingerprint density at radius 3 is 2.44 bits per heavy atom. The van der Waals surface area contributed by atoms with Crippen molar-refractivity contribution in [3.63, 3.8) is 0 Å². The number of hydrogen-bond acceptors (Lipinski definition) is 6. The number of ether oxygens (including phenoxy) is 3. The van der Waals surface area contributed by atoms with Crippen LogP contribution in [0.3, 0.4) is 0 Å². The van der Waals surface area contributed by atoms with Gasteiger partial charge in [-0.15, -0.1) is 0 Å². The van der Waals surface area contributed by atoms with Crippen LogP contribution in [-0.4, -0.2) is 47.1 Å². The predicted molar refractivity (Wildman–Crippen MR) is 89.6 cm³/mol. The molecule has 140 valence electrons. The van der Waals surface area contributed by atoms with E-state index in [0.717, 1.165) is 12.5 Å². The van der Waals surface area contributed by atoms with Crippen LogP contribution in [0.4, 0.5) is 0 Å². The summed E-state index contributed by atoms with van der Waals surface area (Å²) in [4.78, 5) is 23.5. The lowest BCUT2D eigenvalue weighted by Gasteiger charge is -2.70. The number of aliphatic hydroxyl groups is 1. The van der Waals surface area contributed by atoms with Gasteiger partial charge in [0.2, 0.25) is 0 Å². The Bertz CT molecular complexity index is 579. The van der Waals surface area contributed by atoms with Crippen LogP contribution in [0.2, 0.25) is 0 Å². The van der Waals surface area contributed by atoms with Crippen molar-refractivity contribution in [2.24, 2.45) is 11.3 Å². The van der Waals surface area contributed by atoms with Gasteiger partial charge >= 0.3 is 11.9 Å². The summed E-state index contributed by atoms with van der Waals surface area (Å²) in [6.45, 7) is 9.54. The second-order valence-electron chi connectivity index (χ2n) is 8.49. The van der Waals surface area contributed by atoms with E-state index in [2.05, 4.69) is 13.5 Å². The molecule has 0 saturated heterocycles. The SMILES string of the molecule is C=CC(=O)OCC(=O)OC12CC3(C)CC(O)(CC(OCC)(C3)C1C)C2. The van der Waals surface area contributed by atoms with Crippen LogP contribution in [0.5, 0.6) is 0 Å². The number of hydrogen-bond donors (Lipinski definition) is 1. The molecule has 0 heterocycles. The Morgan fingerprint density at radius 2 is 1.84 bits per heavy atom. The van der Waals surface area contributed by atoms with Gasteiger partial charge in [-0.2, -0.15) is 0 Å². The smallest absolute Gasteiger partial charge is 0.344 e. The standard InChI is InChI=1S/C19H28O6/c1-5-14(20)23-7-15(21)25-19-10-16(4)8-17(22,12-19)11-18(9-16,13(19)3)24-6-2/h5,13,22H,1,6-12H2,2-4H3. The Kier molecular flexibility index (Phi) is 4.27. The van der Waals surface area contributed by atoms with Crippen molar-refractivity contribution in [3.05, 3.63) is 12.7 Å². The summed E-state index contributed by atoms with van der Waals surface area (Å²) in [6, 6.07) is 0. The summed E-state index contributed by atoms with van der Waals surface area (Å²) in [6.07, 6.45) is 4.25. The van der Waals surface area contributed by atoms with Crippen LogP contribution >= 0.6 is 0 Å². The minimum atomic E-state index is -0.884. The molecule has 1 N–H and O–H groups in total. The third-order valence-corrected chi connectivity index (χ3v) is 6.29. The molecular formula is C19H28O6. The van der Waals surface area contributed by atoms with E-state index in [1.54, 1.807) is 0 Å². The maximum atomic E-state index is 12.3. The van der Waals surface area contributed by atoms with Crippen LogP contribution in [0.1, 0.15) is 52.9 Å². The van der Waals surface area contributed by atoms with Gasteiger partial charge in [0, 0.05) is 31.4 Å². The van der Waals surface area contributed by atoms with Crippen LogP contribution in [0.25, 0.3) is 0 Å². The van der Waals surface area contributed by atoms with Crippen molar-refractivity contribution >= 4 is 11.9 Å². The minimum absolute atomic E-state index is 0.0346. The second-order valence-corrected chi connectivity index (χ2v) is 8.49. The highest BCUT2D eigenvalue weighted by molar-refractivity contribution is 5.83. The van der Waals surface area contributed by atoms with E-state index in [-0.39, 0.29) is 11.3 Å². The highest BCUT2D eigenvalue weighted by Crippen LogP contribution is 2.68. The molecule has 0 radical (unpaired) electrons. The van der Waals surface area contributed by atoms with Gasteiger partial charge in [0.05, 0.1) is 11.2 Å². The monoisotopic (exact) mass is 352 g/mol. The third-order valence-electron chi connectivity index (χ3n) is 6.29. The topological polar surface area (TPSA) is 82.1 Å². The molecule has 4 saturated carbocycles. The lowest BCUT2D eigenvalue weighted by atomic mass is 9.42. The van der Waals surface area contributed by atoms with Gasteiger partial charge in [-0.05, 0) is 31.6 Å². The number of carbonyl (C=O) groups excluding carboxylic acids is 2. The summed E-state index contributed by atoms with van der Waals surface area (Å²) in [7, 11) is 0. The van der Waals surface area contributed by atoms with Gasteiger partial charge in [-0.1, -0.05) is 20.4 Å². The predicted octanol–water partition coefficient (Wildman–Crippen LogP) is 2.14. The van der Waals surface area contributed by atoms with E-state index in [4.69, 9.17) is 14.2 Å². The van der Waals surface area contributed by atoms with Gasteiger partial charge in [0.25, 0.3) is 0 Å². The molecular weight excluding hydrogens is 324 g/mol. The highest BCUT2D eigenvalue weighted by atomic mass is 16.6. The van der Waals surface area contributed by atoms with Gasteiger partial charge < -0.3 is 19.3 Å². The largest absolute Gasteiger partial charge is 0.456 e. The average molecular weight is 352 g/mol. The quantitative estimate of drug-likeness (QED) is 0.583. The molecule has 5 atom stereocenters. The summed E-state index contributed by atoms with van der Waals surface area (Å²) >= 11 is 0. The normalized spacial score (nSPS) is 44.4. The fourth-order valence-electron chi connectivity index (χ4n) is 6.07. The molecule has 6 heteroatoms. The number of carbonyl (C=O) groups is 2. The molecule has 5 unspecified atom stereocenters. The van der Waals surface area contributed by atoms with Crippen LogP contribution < -0.4 is 0 Å². The van der Waals surface area contributed by atoms with Crippen molar-refractivity contribution in [2.45, 2.75) is 69.7 Å². The van der Waals surface area contributed by atoms with Gasteiger partial charge in [0.15, 0.2) is 6.61 Å². The highest BCUT2D eigenvalue weighted by Gasteiger charge is 2.72. The molecule has 0 aromatic heterocycles. The molecule has 25 heavy (non-hydrogen) atoms. The van der Waals surface area contributed by atoms with E-state index in [1.165, 1.54) is 0 Å². The first-order chi connectivity index (χ1) is 11.6. The summed E-state index contributed by atoms with van der Waals surface area (Å²) < 4.78 is 16.8. The Labute approximate surface area is 148 Å². The minimum Gasteiger partial charge on any atom is -0.456 e. The molecule has 0 amide bonds. The van der Waals surface area contributed by atoms with Crippen molar-refractivity contribution in [2.75, 3.05) is 13.2 Å². The lowest BCUT2D eigenvalue weighted by molar-refractivity contribution is -0.320. The van der Waals surface area contributed by atoms with Crippen molar-refractivity contribution in [3.8, 4) is 0 Å². The van der Waals surface area contributed by atoms with Crippen molar-refractivity contribution < 1.29 is 28.9 Å². The summed E-state index contributed by atoms with van der Waals surface area (Å²) in [5, 5.41) is 11.1. The first-order valence-electron chi connectivity index (χ1n) is 8.97. The molecule has 4 bridgehead atoms.